The predicted molar refractivity (Wildman–Crippen MR) is 160 cm³/mol. The molecule has 9 nitrogen and oxygen atoms in total. The van der Waals surface area contributed by atoms with E-state index in [-0.39, 0.29) is 40.1 Å². The molecule has 2 fully saturated rings. The molecule has 0 spiro atoms. The molecule has 0 aliphatic carbocycles. The number of aromatic nitrogens is 1. The fourth-order valence-electron chi connectivity index (χ4n) is 6.12. The van der Waals surface area contributed by atoms with Crippen LogP contribution in [0.3, 0.4) is 0 Å². The number of likely N-dealkylation sites (tertiary alicyclic amines) is 1. The number of rotatable bonds is 5. The number of nitrogens with zero attached hydrogens (tertiary/aromatic N) is 3. The SMILES string of the molecule is CN1CC[C@H](c2c(O)cc(O)c3c(=O)cc(-c4ccccc4Cl)oc23)[C@H](OC(=O)C2CCN(c3ccccn3)CC2)C1. The average molecular weight is 590 g/mol. The van der Waals surface area contributed by atoms with E-state index < -0.39 is 17.5 Å². The van der Waals surface area contributed by atoms with Crippen LogP contribution in [0.15, 0.2) is 70.0 Å². The maximum absolute atomic E-state index is 13.5. The van der Waals surface area contributed by atoms with Crippen LogP contribution in [0.25, 0.3) is 22.3 Å². The Labute approximate surface area is 247 Å². The number of carbonyl (C=O) groups is 1. The minimum absolute atomic E-state index is 0.0375. The normalized spacial score (nSPS) is 20.1. The number of hydrogen-bond acceptors (Lipinski definition) is 9. The first-order valence-electron chi connectivity index (χ1n) is 14.1. The number of phenolic OH excluding ortho intramolecular Hbond substituents is 2. The Kier molecular flexibility index (Phi) is 7.79. The highest BCUT2D eigenvalue weighted by Crippen LogP contribution is 2.44. The Morgan fingerprint density at radius 3 is 2.52 bits per heavy atom. The van der Waals surface area contributed by atoms with Gasteiger partial charge in [0.1, 0.15) is 40.2 Å². The molecule has 2 aliphatic heterocycles. The number of likely N-dealkylation sites (N-methyl/N-ethyl adjacent to an activating group) is 1. The number of fused-ring (bicyclic) bond motifs is 1. The van der Waals surface area contributed by atoms with Gasteiger partial charge in [-0.2, -0.15) is 0 Å². The first-order chi connectivity index (χ1) is 20.3. The monoisotopic (exact) mass is 589 g/mol. The van der Waals surface area contributed by atoms with Gasteiger partial charge in [0, 0.05) is 55.0 Å². The van der Waals surface area contributed by atoms with E-state index in [1.807, 2.05) is 25.2 Å². The second kappa shape index (κ2) is 11.7. The van der Waals surface area contributed by atoms with Crippen LogP contribution in [0.1, 0.15) is 30.7 Å². The lowest BCUT2D eigenvalue weighted by molar-refractivity contribution is -0.158. The molecular weight excluding hydrogens is 558 g/mol. The first kappa shape index (κ1) is 28.1. The molecule has 0 unspecified atom stereocenters. The van der Waals surface area contributed by atoms with Crippen molar-refractivity contribution in [2.24, 2.45) is 5.92 Å². The van der Waals surface area contributed by atoms with E-state index in [1.54, 1.807) is 30.5 Å². The van der Waals surface area contributed by atoms with Gasteiger partial charge in [0.15, 0.2) is 5.43 Å². The van der Waals surface area contributed by atoms with Crippen molar-refractivity contribution in [2.75, 3.05) is 38.1 Å². The summed E-state index contributed by atoms with van der Waals surface area (Å²) in [7, 11) is 1.95. The van der Waals surface area contributed by atoms with Crippen LogP contribution < -0.4 is 10.3 Å². The lowest BCUT2D eigenvalue weighted by Crippen LogP contribution is -2.45. The third kappa shape index (κ3) is 5.42. The minimum atomic E-state index is -0.599. The zero-order valence-electron chi connectivity index (χ0n) is 23.2. The smallest absolute Gasteiger partial charge is 0.309 e. The largest absolute Gasteiger partial charge is 0.507 e. The molecule has 2 aliphatic rings. The maximum atomic E-state index is 13.5. The van der Waals surface area contributed by atoms with Crippen molar-refractivity contribution in [1.29, 1.82) is 0 Å². The van der Waals surface area contributed by atoms with Crippen molar-refractivity contribution in [1.82, 2.24) is 9.88 Å². The number of benzene rings is 2. The average Bonchev–Trinajstić information content (AvgIpc) is 2.98. The molecule has 2 aromatic heterocycles. The zero-order chi connectivity index (χ0) is 29.4. The maximum Gasteiger partial charge on any atom is 0.309 e. The standard InChI is InChI=1S/C32H32ClN3O6/c1-35-13-11-21(27(18-35)42-32(40)19-9-14-36(15-10-19)28-8-4-5-12-34-28)29-23(37)16-24(38)30-25(39)17-26(41-31(29)30)20-6-2-3-7-22(20)33/h2-8,12,16-17,19,21,27,37-38H,9-11,13-15,18H2,1H3/t21-,27+/m0/s1. The first-order valence-corrected chi connectivity index (χ1v) is 14.5. The molecule has 0 amide bonds. The molecule has 42 heavy (non-hydrogen) atoms. The van der Waals surface area contributed by atoms with Crippen molar-refractivity contribution < 1.29 is 24.2 Å². The van der Waals surface area contributed by atoms with E-state index in [9.17, 15) is 19.8 Å². The molecule has 10 heteroatoms. The Balaban J connectivity index is 1.31. The summed E-state index contributed by atoms with van der Waals surface area (Å²) in [4.78, 5) is 35.4. The van der Waals surface area contributed by atoms with E-state index in [1.165, 1.54) is 6.07 Å². The molecule has 4 aromatic rings. The molecule has 0 bridgehead atoms. The predicted octanol–water partition coefficient (Wildman–Crippen LogP) is 5.17. The molecule has 218 valence electrons. The summed E-state index contributed by atoms with van der Waals surface area (Å²) in [5.74, 6) is -0.497. The second-order valence-corrected chi connectivity index (χ2v) is 11.5. The molecule has 2 N–H and O–H groups in total. The molecule has 6 rings (SSSR count). The van der Waals surface area contributed by atoms with Crippen LogP contribution in [0.2, 0.25) is 5.02 Å². The number of pyridine rings is 1. The van der Waals surface area contributed by atoms with Crippen molar-refractivity contribution in [3.05, 3.63) is 81.6 Å². The zero-order valence-corrected chi connectivity index (χ0v) is 24.0. The van der Waals surface area contributed by atoms with E-state index in [4.69, 9.17) is 20.8 Å². The van der Waals surface area contributed by atoms with Crippen LogP contribution in [0, 0.1) is 5.92 Å². The number of halogens is 1. The fourth-order valence-corrected chi connectivity index (χ4v) is 6.35. The third-order valence-corrected chi connectivity index (χ3v) is 8.67. The van der Waals surface area contributed by atoms with Gasteiger partial charge in [-0.05, 0) is 57.1 Å². The van der Waals surface area contributed by atoms with E-state index >= 15 is 0 Å². The number of anilines is 1. The molecule has 2 atom stereocenters. The Morgan fingerprint density at radius 2 is 1.79 bits per heavy atom. The Hall–Kier alpha value is -4.08. The summed E-state index contributed by atoms with van der Waals surface area (Å²) in [5.41, 5.74) is 0.445. The number of aromatic hydroxyl groups is 2. The third-order valence-electron chi connectivity index (χ3n) is 8.34. The number of ether oxygens (including phenoxy) is 1. The summed E-state index contributed by atoms with van der Waals surface area (Å²) in [6.45, 7) is 2.52. The highest BCUT2D eigenvalue weighted by Gasteiger charge is 2.38. The topological polar surface area (TPSA) is 116 Å². The summed E-state index contributed by atoms with van der Waals surface area (Å²) in [5, 5.41) is 22.1. The number of piperidine rings is 2. The van der Waals surface area contributed by atoms with Gasteiger partial charge in [-0.25, -0.2) is 4.98 Å². The van der Waals surface area contributed by atoms with Crippen molar-refractivity contribution >= 4 is 34.4 Å². The molecule has 0 saturated carbocycles. The van der Waals surface area contributed by atoms with E-state index in [0.29, 0.717) is 61.6 Å². The van der Waals surface area contributed by atoms with Gasteiger partial charge >= 0.3 is 5.97 Å². The molecular formula is C32H32ClN3O6. The van der Waals surface area contributed by atoms with Gasteiger partial charge in [-0.1, -0.05) is 29.8 Å². The molecule has 2 aromatic carbocycles. The highest BCUT2D eigenvalue weighted by molar-refractivity contribution is 6.33. The number of esters is 1. The number of phenols is 2. The van der Waals surface area contributed by atoms with Crippen molar-refractivity contribution in [2.45, 2.75) is 31.3 Å². The van der Waals surface area contributed by atoms with Gasteiger partial charge in [0.05, 0.1) is 10.9 Å². The van der Waals surface area contributed by atoms with Gasteiger partial charge in [-0.3, -0.25) is 9.59 Å². The van der Waals surface area contributed by atoms with Crippen LogP contribution in [0.4, 0.5) is 5.82 Å². The van der Waals surface area contributed by atoms with Crippen LogP contribution in [0.5, 0.6) is 11.5 Å². The second-order valence-electron chi connectivity index (χ2n) is 11.1. The number of hydrogen-bond donors (Lipinski definition) is 2. The lowest BCUT2D eigenvalue weighted by Gasteiger charge is -2.38. The highest BCUT2D eigenvalue weighted by atomic mass is 35.5. The van der Waals surface area contributed by atoms with Crippen molar-refractivity contribution in [3.63, 3.8) is 0 Å². The summed E-state index contributed by atoms with van der Waals surface area (Å²) >= 11 is 6.40. The van der Waals surface area contributed by atoms with Crippen molar-refractivity contribution in [3.8, 4) is 22.8 Å². The summed E-state index contributed by atoms with van der Waals surface area (Å²) in [6.07, 6.45) is 2.99. The number of carbonyl (C=O) groups excluding carboxylic acids is 1. The summed E-state index contributed by atoms with van der Waals surface area (Å²) < 4.78 is 12.4. The van der Waals surface area contributed by atoms with Gasteiger partial charge < -0.3 is 29.2 Å². The molecule has 4 heterocycles. The van der Waals surface area contributed by atoms with Gasteiger partial charge in [0.25, 0.3) is 0 Å². The van der Waals surface area contributed by atoms with E-state index in [2.05, 4.69) is 14.8 Å². The lowest BCUT2D eigenvalue weighted by atomic mass is 9.85. The van der Waals surface area contributed by atoms with Gasteiger partial charge in [-0.15, -0.1) is 0 Å². The Bertz CT molecular complexity index is 1670. The van der Waals surface area contributed by atoms with Crippen LogP contribution in [-0.4, -0.2) is 65.4 Å². The van der Waals surface area contributed by atoms with Gasteiger partial charge in [0.2, 0.25) is 0 Å². The van der Waals surface area contributed by atoms with Crippen LogP contribution >= 0.6 is 11.6 Å². The molecule has 0 radical (unpaired) electrons. The molecule has 2 saturated heterocycles. The quantitative estimate of drug-likeness (QED) is 0.304. The minimum Gasteiger partial charge on any atom is -0.507 e. The Morgan fingerprint density at radius 1 is 1.02 bits per heavy atom. The summed E-state index contributed by atoms with van der Waals surface area (Å²) in [6, 6.07) is 15.2. The van der Waals surface area contributed by atoms with E-state index in [0.717, 1.165) is 11.9 Å². The fraction of sp³-hybridized carbons (Fsp3) is 0.344. The van der Waals surface area contributed by atoms with Crippen LogP contribution in [-0.2, 0) is 9.53 Å².